The number of amides is 1. The summed E-state index contributed by atoms with van der Waals surface area (Å²) in [5.74, 6) is -0.786. The van der Waals surface area contributed by atoms with Crippen LogP contribution in [-0.2, 0) is 19.7 Å². The van der Waals surface area contributed by atoms with Crippen molar-refractivity contribution < 1.29 is 27.7 Å². The third-order valence-corrected chi connectivity index (χ3v) is 3.30. The van der Waals surface area contributed by atoms with Crippen LogP contribution >= 0.6 is 0 Å². The van der Waals surface area contributed by atoms with Gasteiger partial charge in [-0.15, -0.1) is 0 Å². The maximum atomic E-state index is 11.8. The Morgan fingerprint density at radius 1 is 1.50 bits per heavy atom. The lowest BCUT2D eigenvalue weighted by Gasteiger charge is -2.07. The minimum Gasteiger partial charge on any atom is -0.497 e. The standard InChI is InChI=1S/C9H11N3O7S/c1-18-6-2-3-8(7(4-6)12(14)15)20(16,17)11-19-5-9(10)13/h2-4,11H,5H2,1H3,(H2,10,13). The second kappa shape index (κ2) is 6.27. The third kappa shape index (κ3) is 3.88. The highest BCUT2D eigenvalue weighted by molar-refractivity contribution is 7.89. The molecule has 1 aromatic rings. The van der Waals surface area contributed by atoms with E-state index in [1.807, 2.05) is 0 Å². The van der Waals surface area contributed by atoms with Crippen LogP contribution in [0.1, 0.15) is 0 Å². The van der Waals surface area contributed by atoms with Crippen molar-refractivity contribution in [3.05, 3.63) is 28.3 Å². The Morgan fingerprint density at radius 3 is 2.65 bits per heavy atom. The highest BCUT2D eigenvalue weighted by Gasteiger charge is 2.26. The van der Waals surface area contributed by atoms with E-state index in [0.29, 0.717) is 0 Å². The number of carbonyl (C=O) groups is 1. The van der Waals surface area contributed by atoms with Crippen LogP contribution in [0.25, 0.3) is 0 Å². The molecule has 11 heteroatoms. The average Bonchev–Trinajstić information content (AvgIpc) is 2.37. The Bertz CT molecular complexity index is 628. The fourth-order valence-electron chi connectivity index (χ4n) is 1.22. The maximum absolute atomic E-state index is 11.8. The molecular formula is C9H11N3O7S. The highest BCUT2D eigenvalue weighted by atomic mass is 32.2. The van der Waals surface area contributed by atoms with E-state index >= 15 is 0 Å². The normalized spacial score (nSPS) is 11.1. The van der Waals surface area contributed by atoms with Gasteiger partial charge in [0.05, 0.1) is 18.1 Å². The number of primary amides is 1. The van der Waals surface area contributed by atoms with Gasteiger partial charge in [-0.2, -0.15) is 0 Å². The molecule has 3 N–H and O–H groups in total. The Labute approximate surface area is 113 Å². The minimum atomic E-state index is -4.33. The zero-order valence-corrected chi connectivity index (χ0v) is 11.0. The van der Waals surface area contributed by atoms with Crippen molar-refractivity contribution in [1.82, 2.24) is 4.89 Å². The van der Waals surface area contributed by atoms with E-state index in [2.05, 4.69) is 4.84 Å². The van der Waals surface area contributed by atoms with Gasteiger partial charge in [-0.05, 0) is 12.1 Å². The van der Waals surface area contributed by atoms with Crippen LogP contribution in [0.15, 0.2) is 23.1 Å². The average molecular weight is 305 g/mol. The lowest BCUT2D eigenvalue weighted by atomic mass is 10.3. The van der Waals surface area contributed by atoms with Crippen LogP contribution in [0, 0.1) is 10.1 Å². The van der Waals surface area contributed by atoms with Crippen molar-refractivity contribution in [3.63, 3.8) is 0 Å². The molecule has 0 atom stereocenters. The molecule has 0 saturated carbocycles. The molecule has 1 aromatic carbocycles. The van der Waals surface area contributed by atoms with Gasteiger partial charge >= 0.3 is 0 Å². The van der Waals surface area contributed by atoms with Gasteiger partial charge in [-0.25, -0.2) is 8.42 Å². The first kappa shape index (κ1) is 15.8. The Hall–Kier alpha value is -2.24. The summed E-state index contributed by atoms with van der Waals surface area (Å²) >= 11 is 0. The summed E-state index contributed by atoms with van der Waals surface area (Å²) in [6.45, 7) is -0.705. The molecule has 0 radical (unpaired) electrons. The van der Waals surface area contributed by atoms with Crippen LogP contribution in [0.3, 0.4) is 0 Å². The minimum absolute atomic E-state index is 0.119. The molecule has 0 aliphatic rings. The molecule has 1 rings (SSSR count). The highest BCUT2D eigenvalue weighted by Crippen LogP contribution is 2.28. The molecule has 0 aliphatic carbocycles. The van der Waals surface area contributed by atoms with Gasteiger partial charge in [-0.1, -0.05) is 4.89 Å². The molecule has 10 nitrogen and oxygen atoms in total. The molecule has 0 saturated heterocycles. The predicted octanol–water partition coefficient (Wildman–Crippen LogP) is -0.701. The Morgan fingerprint density at radius 2 is 2.15 bits per heavy atom. The second-order valence-electron chi connectivity index (χ2n) is 3.43. The van der Waals surface area contributed by atoms with Crippen molar-refractivity contribution in [2.45, 2.75) is 4.90 Å². The molecule has 0 aliphatic heterocycles. The first-order valence-corrected chi connectivity index (χ1v) is 6.50. The van der Waals surface area contributed by atoms with Crippen LogP contribution in [0.4, 0.5) is 5.69 Å². The SMILES string of the molecule is COc1ccc(S(=O)(=O)NOCC(N)=O)c([N+](=O)[O-])c1. The van der Waals surface area contributed by atoms with Gasteiger partial charge in [0.25, 0.3) is 15.7 Å². The number of nitrogens with two attached hydrogens (primary N) is 1. The number of carbonyl (C=O) groups excluding carboxylic acids is 1. The number of hydrogen-bond donors (Lipinski definition) is 2. The fourth-order valence-corrected chi connectivity index (χ4v) is 2.18. The summed E-state index contributed by atoms with van der Waals surface area (Å²) in [7, 11) is -3.05. The molecule has 0 spiro atoms. The lowest BCUT2D eigenvalue weighted by Crippen LogP contribution is -2.29. The van der Waals surface area contributed by atoms with Crippen LogP contribution in [0.5, 0.6) is 5.75 Å². The van der Waals surface area contributed by atoms with E-state index in [0.717, 1.165) is 12.1 Å². The second-order valence-corrected chi connectivity index (χ2v) is 5.05. The largest absolute Gasteiger partial charge is 0.497 e. The summed E-state index contributed by atoms with van der Waals surface area (Å²) in [6, 6.07) is 3.16. The van der Waals surface area contributed by atoms with E-state index < -0.39 is 38.0 Å². The molecule has 1 amide bonds. The summed E-state index contributed by atoms with van der Waals surface area (Å²) < 4.78 is 28.4. The van der Waals surface area contributed by atoms with E-state index in [4.69, 9.17) is 10.5 Å². The zero-order chi connectivity index (χ0) is 15.3. The van der Waals surface area contributed by atoms with Crippen molar-refractivity contribution in [3.8, 4) is 5.75 Å². The summed E-state index contributed by atoms with van der Waals surface area (Å²) in [4.78, 5) is 25.7. The van der Waals surface area contributed by atoms with Gasteiger partial charge in [0.2, 0.25) is 5.91 Å². The summed E-state index contributed by atoms with van der Waals surface area (Å²) in [5.41, 5.74) is 4.06. The molecule has 110 valence electrons. The van der Waals surface area contributed by atoms with Crippen molar-refractivity contribution >= 4 is 21.6 Å². The van der Waals surface area contributed by atoms with Crippen LogP contribution in [0.2, 0.25) is 0 Å². The first-order valence-electron chi connectivity index (χ1n) is 5.02. The number of hydrogen-bond acceptors (Lipinski definition) is 7. The van der Waals surface area contributed by atoms with Crippen molar-refractivity contribution in [1.29, 1.82) is 0 Å². The lowest BCUT2D eigenvalue weighted by molar-refractivity contribution is -0.387. The number of benzene rings is 1. The number of nitrogens with one attached hydrogen (secondary N) is 1. The van der Waals surface area contributed by atoms with E-state index in [-0.39, 0.29) is 5.75 Å². The topological polar surface area (TPSA) is 151 Å². The van der Waals surface area contributed by atoms with Crippen molar-refractivity contribution in [2.24, 2.45) is 5.73 Å². The van der Waals surface area contributed by atoms with Gasteiger partial charge < -0.3 is 10.5 Å². The molecular weight excluding hydrogens is 294 g/mol. The molecule has 0 aromatic heterocycles. The maximum Gasteiger partial charge on any atom is 0.293 e. The quantitative estimate of drug-likeness (QED) is 0.499. The molecule has 20 heavy (non-hydrogen) atoms. The molecule has 0 fully saturated rings. The number of rotatable bonds is 7. The summed E-state index contributed by atoms with van der Waals surface area (Å²) in [5, 5.41) is 10.9. The monoisotopic (exact) mass is 305 g/mol. The van der Waals surface area contributed by atoms with Gasteiger partial charge in [0, 0.05) is 0 Å². The van der Waals surface area contributed by atoms with Crippen LogP contribution < -0.4 is 15.4 Å². The number of nitrogens with zero attached hydrogens (tertiary/aromatic N) is 1. The van der Waals surface area contributed by atoms with Crippen LogP contribution in [-0.4, -0.2) is 33.0 Å². The van der Waals surface area contributed by atoms with Crippen molar-refractivity contribution in [2.75, 3.05) is 13.7 Å². The summed E-state index contributed by atoms with van der Waals surface area (Å²) in [6.07, 6.45) is 0. The number of sulfonamides is 1. The fraction of sp³-hybridized carbons (Fsp3) is 0.222. The Balaban J connectivity index is 3.11. The number of methoxy groups -OCH3 is 1. The first-order chi connectivity index (χ1) is 9.27. The van der Waals surface area contributed by atoms with Gasteiger partial charge in [0.15, 0.2) is 4.90 Å². The van der Waals surface area contributed by atoms with Gasteiger partial charge in [-0.3, -0.25) is 19.7 Å². The Kier molecular flexibility index (Phi) is 4.96. The number of ether oxygens (including phenoxy) is 1. The molecule has 0 bridgehead atoms. The number of nitro groups is 1. The predicted molar refractivity (Wildman–Crippen MR) is 65.1 cm³/mol. The van der Waals surface area contributed by atoms with E-state index in [1.54, 1.807) is 4.89 Å². The van der Waals surface area contributed by atoms with E-state index in [9.17, 15) is 23.3 Å². The zero-order valence-electron chi connectivity index (χ0n) is 10.2. The molecule has 0 heterocycles. The smallest absolute Gasteiger partial charge is 0.293 e. The number of nitro benzene ring substituents is 1. The van der Waals surface area contributed by atoms with E-state index in [1.165, 1.54) is 13.2 Å². The van der Waals surface area contributed by atoms with Gasteiger partial charge in [0.1, 0.15) is 12.4 Å². The molecule has 0 unspecified atom stereocenters. The third-order valence-electron chi connectivity index (χ3n) is 2.04.